The van der Waals surface area contributed by atoms with Gasteiger partial charge in [-0.25, -0.2) is 4.98 Å². The van der Waals surface area contributed by atoms with E-state index in [0.29, 0.717) is 6.54 Å². The third-order valence-electron chi connectivity index (χ3n) is 3.57. The maximum absolute atomic E-state index is 11.0. The van der Waals surface area contributed by atoms with Gasteiger partial charge in [0.15, 0.2) is 0 Å². The third kappa shape index (κ3) is 4.17. The predicted octanol–water partition coefficient (Wildman–Crippen LogP) is 2.71. The molecule has 0 radical (unpaired) electrons. The average molecular weight is 316 g/mol. The minimum atomic E-state index is -0.437. The van der Waals surface area contributed by atoms with Gasteiger partial charge in [-0.1, -0.05) is 12.1 Å². The van der Waals surface area contributed by atoms with E-state index in [9.17, 15) is 10.1 Å². The van der Waals surface area contributed by atoms with Crippen LogP contribution >= 0.6 is 0 Å². The molecule has 0 amide bonds. The number of anilines is 1. The summed E-state index contributed by atoms with van der Waals surface area (Å²) in [7, 11) is 5.55. The second kappa shape index (κ2) is 7.55. The van der Waals surface area contributed by atoms with Crippen molar-refractivity contribution < 1.29 is 9.66 Å². The number of benzene rings is 1. The van der Waals surface area contributed by atoms with E-state index in [0.717, 1.165) is 11.3 Å². The van der Waals surface area contributed by atoms with E-state index in [4.69, 9.17) is 4.74 Å². The maximum atomic E-state index is 11.0. The highest BCUT2D eigenvalue weighted by Gasteiger charge is 2.18. The van der Waals surface area contributed by atoms with Crippen LogP contribution in [0.25, 0.3) is 0 Å². The molecular weight excluding hydrogens is 296 g/mol. The fraction of sp³-hybridized carbons (Fsp3) is 0.312. The van der Waals surface area contributed by atoms with Gasteiger partial charge in [-0.05, 0) is 37.9 Å². The van der Waals surface area contributed by atoms with E-state index in [1.807, 2.05) is 43.3 Å². The Morgan fingerprint density at radius 3 is 2.57 bits per heavy atom. The van der Waals surface area contributed by atoms with Crippen LogP contribution in [0.5, 0.6) is 5.75 Å². The van der Waals surface area contributed by atoms with Crippen molar-refractivity contribution in [1.29, 1.82) is 0 Å². The molecule has 23 heavy (non-hydrogen) atoms. The minimum Gasteiger partial charge on any atom is -0.497 e. The number of nitrogens with zero attached hydrogens (tertiary/aromatic N) is 3. The highest BCUT2D eigenvalue weighted by atomic mass is 16.6. The first-order chi connectivity index (χ1) is 11.0. The normalized spacial score (nSPS) is 12.0. The van der Waals surface area contributed by atoms with Gasteiger partial charge < -0.3 is 15.0 Å². The Kier molecular flexibility index (Phi) is 5.48. The topological polar surface area (TPSA) is 80.5 Å². The van der Waals surface area contributed by atoms with Crippen LogP contribution in [-0.2, 0) is 0 Å². The van der Waals surface area contributed by atoms with Crippen molar-refractivity contribution >= 4 is 11.5 Å². The quantitative estimate of drug-likeness (QED) is 0.625. The summed E-state index contributed by atoms with van der Waals surface area (Å²) in [5.41, 5.74) is 1.06. The molecule has 0 saturated heterocycles. The number of hydrogen-bond acceptors (Lipinski definition) is 6. The van der Waals surface area contributed by atoms with Crippen molar-refractivity contribution in [3.63, 3.8) is 0 Å². The zero-order chi connectivity index (χ0) is 16.8. The molecule has 0 spiro atoms. The van der Waals surface area contributed by atoms with Gasteiger partial charge in [0.1, 0.15) is 5.75 Å². The maximum Gasteiger partial charge on any atom is 0.311 e. The number of hydrogen-bond donors (Lipinski definition) is 1. The second-order valence-corrected chi connectivity index (χ2v) is 5.26. The summed E-state index contributed by atoms with van der Waals surface area (Å²) in [5, 5.41) is 14.1. The van der Waals surface area contributed by atoms with Crippen LogP contribution in [0.2, 0.25) is 0 Å². The van der Waals surface area contributed by atoms with E-state index in [-0.39, 0.29) is 17.5 Å². The summed E-state index contributed by atoms with van der Waals surface area (Å²) in [6.45, 7) is 0.497. The number of likely N-dealkylation sites (N-methyl/N-ethyl adjacent to an activating group) is 1. The van der Waals surface area contributed by atoms with Crippen LogP contribution in [-0.4, -0.2) is 42.6 Å². The molecule has 0 aliphatic rings. The van der Waals surface area contributed by atoms with Crippen molar-refractivity contribution in [2.45, 2.75) is 6.04 Å². The Labute approximate surface area is 135 Å². The average Bonchev–Trinajstić information content (AvgIpc) is 2.55. The standard InChI is InChI=1S/C16H20N4O3/c1-19(2)15(12-6-8-13(23-3)9-7-12)11-18-16-14(20(21)22)5-4-10-17-16/h4-10,15H,11H2,1-3H3,(H,17,18)/t15-/m0/s1. The molecule has 2 aromatic rings. The molecule has 1 aromatic heterocycles. The van der Waals surface area contributed by atoms with Gasteiger partial charge in [0.25, 0.3) is 0 Å². The monoisotopic (exact) mass is 316 g/mol. The summed E-state index contributed by atoms with van der Waals surface area (Å²) >= 11 is 0. The molecule has 7 heteroatoms. The van der Waals surface area contributed by atoms with E-state index in [1.165, 1.54) is 12.3 Å². The van der Waals surface area contributed by atoms with E-state index < -0.39 is 4.92 Å². The number of methoxy groups -OCH3 is 1. The van der Waals surface area contributed by atoms with Crippen molar-refractivity contribution in [1.82, 2.24) is 9.88 Å². The zero-order valence-corrected chi connectivity index (χ0v) is 13.4. The fourth-order valence-electron chi connectivity index (χ4n) is 2.30. The summed E-state index contributed by atoms with van der Waals surface area (Å²) in [6.07, 6.45) is 1.54. The fourth-order valence-corrected chi connectivity index (χ4v) is 2.30. The highest BCUT2D eigenvalue weighted by Crippen LogP contribution is 2.24. The molecule has 0 unspecified atom stereocenters. The van der Waals surface area contributed by atoms with Crippen molar-refractivity contribution in [3.05, 3.63) is 58.3 Å². The van der Waals surface area contributed by atoms with Crippen LogP contribution in [0.1, 0.15) is 11.6 Å². The molecule has 0 fully saturated rings. The summed E-state index contributed by atoms with van der Waals surface area (Å²) < 4.78 is 5.17. The summed E-state index contributed by atoms with van der Waals surface area (Å²) in [4.78, 5) is 16.7. The predicted molar refractivity (Wildman–Crippen MR) is 88.8 cm³/mol. The molecule has 0 bridgehead atoms. The van der Waals surface area contributed by atoms with E-state index in [2.05, 4.69) is 10.3 Å². The molecule has 1 N–H and O–H groups in total. The molecule has 0 saturated carbocycles. The number of aromatic nitrogens is 1. The van der Waals surface area contributed by atoms with Gasteiger partial charge in [0, 0.05) is 18.8 Å². The summed E-state index contributed by atoms with van der Waals surface area (Å²) in [5.74, 6) is 1.07. The van der Waals surface area contributed by atoms with Crippen molar-refractivity contribution in [2.75, 3.05) is 33.1 Å². The number of pyridine rings is 1. The number of rotatable bonds is 7. The molecule has 2 rings (SSSR count). The zero-order valence-electron chi connectivity index (χ0n) is 13.4. The summed E-state index contributed by atoms with van der Waals surface area (Å²) in [6, 6.07) is 10.8. The number of nitrogens with one attached hydrogen (secondary N) is 1. The number of nitro groups is 1. The van der Waals surface area contributed by atoms with E-state index >= 15 is 0 Å². The lowest BCUT2D eigenvalue weighted by Crippen LogP contribution is -2.27. The van der Waals surface area contributed by atoms with Gasteiger partial charge >= 0.3 is 5.69 Å². The Morgan fingerprint density at radius 2 is 2.00 bits per heavy atom. The first-order valence-electron chi connectivity index (χ1n) is 7.16. The van der Waals surface area contributed by atoms with Gasteiger partial charge in [-0.15, -0.1) is 0 Å². The second-order valence-electron chi connectivity index (χ2n) is 5.26. The van der Waals surface area contributed by atoms with Crippen molar-refractivity contribution in [2.24, 2.45) is 0 Å². The van der Waals surface area contributed by atoms with Crippen LogP contribution in [0.3, 0.4) is 0 Å². The highest BCUT2D eigenvalue weighted by molar-refractivity contribution is 5.55. The van der Waals surface area contributed by atoms with E-state index in [1.54, 1.807) is 13.2 Å². The molecule has 122 valence electrons. The molecule has 1 heterocycles. The Bertz CT molecular complexity index is 659. The molecule has 0 aliphatic heterocycles. The van der Waals surface area contributed by atoms with Gasteiger partial charge in [-0.3, -0.25) is 10.1 Å². The lowest BCUT2D eigenvalue weighted by atomic mass is 10.1. The Balaban J connectivity index is 2.16. The molecule has 0 aliphatic carbocycles. The lowest BCUT2D eigenvalue weighted by Gasteiger charge is -2.25. The molecular formula is C16H20N4O3. The van der Waals surface area contributed by atoms with Crippen LogP contribution < -0.4 is 10.1 Å². The molecule has 1 atom stereocenters. The van der Waals surface area contributed by atoms with Crippen molar-refractivity contribution in [3.8, 4) is 5.75 Å². The Morgan fingerprint density at radius 1 is 1.30 bits per heavy atom. The SMILES string of the molecule is COc1ccc([C@H](CNc2ncccc2[N+](=O)[O-])N(C)C)cc1. The van der Waals surface area contributed by atoms with Gasteiger partial charge in [-0.2, -0.15) is 0 Å². The van der Waals surface area contributed by atoms with Gasteiger partial charge in [0.05, 0.1) is 18.1 Å². The largest absolute Gasteiger partial charge is 0.497 e. The third-order valence-corrected chi connectivity index (χ3v) is 3.57. The van der Waals surface area contributed by atoms with Crippen LogP contribution in [0.15, 0.2) is 42.6 Å². The smallest absolute Gasteiger partial charge is 0.311 e. The Hall–Kier alpha value is -2.67. The van der Waals surface area contributed by atoms with Crippen LogP contribution in [0.4, 0.5) is 11.5 Å². The van der Waals surface area contributed by atoms with Crippen LogP contribution in [0, 0.1) is 10.1 Å². The molecule has 7 nitrogen and oxygen atoms in total. The lowest BCUT2D eigenvalue weighted by molar-refractivity contribution is -0.384. The minimum absolute atomic E-state index is 0.0280. The number of ether oxygens (including phenoxy) is 1. The molecule has 1 aromatic carbocycles. The first kappa shape index (κ1) is 16.7. The first-order valence-corrected chi connectivity index (χ1v) is 7.16. The van der Waals surface area contributed by atoms with Gasteiger partial charge in [0.2, 0.25) is 5.82 Å².